The fourth-order valence-corrected chi connectivity index (χ4v) is 3.19. The van der Waals surface area contributed by atoms with Crippen molar-refractivity contribution < 1.29 is 13.2 Å². The molecule has 0 spiro atoms. The van der Waals surface area contributed by atoms with Gasteiger partial charge in [-0.15, -0.1) is 0 Å². The predicted octanol–water partition coefficient (Wildman–Crippen LogP) is 5.60. The summed E-state index contributed by atoms with van der Waals surface area (Å²) in [6.07, 6.45) is -2.64. The van der Waals surface area contributed by atoms with E-state index in [1.807, 2.05) is 6.07 Å². The molecule has 0 aliphatic rings. The average Bonchev–Trinajstić information content (AvgIpc) is 2.80. The highest BCUT2D eigenvalue weighted by Crippen LogP contribution is 2.35. The van der Waals surface area contributed by atoms with Crippen LogP contribution in [0.5, 0.6) is 0 Å². The summed E-state index contributed by atoms with van der Waals surface area (Å²) in [7, 11) is 1.72. The Kier molecular flexibility index (Phi) is 4.26. The maximum Gasteiger partial charge on any atom is 0.416 e. The first-order valence-corrected chi connectivity index (χ1v) is 7.80. The first-order chi connectivity index (χ1) is 11.2. The normalized spacial score (nSPS) is 12.1. The largest absolute Gasteiger partial charge is 0.416 e. The Bertz CT molecular complexity index is 909. The summed E-state index contributed by atoms with van der Waals surface area (Å²) in [5.41, 5.74) is 1.80. The van der Waals surface area contributed by atoms with Crippen LogP contribution in [0, 0.1) is 13.0 Å². The van der Waals surface area contributed by atoms with Crippen molar-refractivity contribution in [2.24, 2.45) is 7.05 Å². The van der Waals surface area contributed by atoms with E-state index >= 15 is 0 Å². The molecule has 7 heteroatoms. The Hall–Kier alpha value is -1.72. The molecule has 0 fully saturated rings. The van der Waals surface area contributed by atoms with Crippen molar-refractivity contribution in [3.63, 3.8) is 0 Å². The van der Waals surface area contributed by atoms with Crippen LogP contribution in [0.3, 0.4) is 0 Å². The fourth-order valence-electron chi connectivity index (χ4n) is 2.73. The van der Waals surface area contributed by atoms with Gasteiger partial charge >= 0.3 is 6.18 Å². The van der Waals surface area contributed by atoms with Gasteiger partial charge in [0, 0.05) is 47.9 Å². The van der Waals surface area contributed by atoms with Crippen LogP contribution in [0.1, 0.15) is 22.4 Å². The number of hydrogen-bond acceptors (Lipinski definition) is 1. The summed E-state index contributed by atoms with van der Waals surface area (Å²) >= 11 is 12.2. The van der Waals surface area contributed by atoms with Gasteiger partial charge < -0.3 is 4.57 Å². The van der Waals surface area contributed by atoms with Crippen LogP contribution in [-0.4, -0.2) is 9.55 Å². The molecule has 0 aliphatic heterocycles. The quantitative estimate of drug-likeness (QED) is 0.536. The Balaban J connectivity index is 2.14. The van der Waals surface area contributed by atoms with Crippen LogP contribution in [0.25, 0.3) is 10.9 Å². The summed E-state index contributed by atoms with van der Waals surface area (Å²) < 4.78 is 40.8. The minimum absolute atomic E-state index is 0.261. The second-order valence-electron chi connectivity index (χ2n) is 5.58. The van der Waals surface area contributed by atoms with Gasteiger partial charge in [-0.05, 0) is 30.7 Å². The van der Waals surface area contributed by atoms with Crippen molar-refractivity contribution in [2.75, 3.05) is 0 Å². The third-order valence-electron chi connectivity index (χ3n) is 4.04. The molecule has 2 heterocycles. The van der Waals surface area contributed by atoms with Crippen molar-refractivity contribution in [3.8, 4) is 0 Å². The summed E-state index contributed by atoms with van der Waals surface area (Å²) in [6, 6.07) is 6.93. The molecule has 0 saturated heterocycles. The monoisotopic (exact) mass is 371 g/mol. The Morgan fingerprint density at radius 1 is 1.21 bits per heavy atom. The molecule has 2 aromatic heterocycles. The molecule has 3 aromatic rings. The van der Waals surface area contributed by atoms with Crippen LogP contribution < -0.4 is 0 Å². The molecule has 0 amide bonds. The predicted molar refractivity (Wildman–Crippen MR) is 88.6 cm³/mol. The minimum Gasteiger partial charge on any atom is -0.347 e. The summed E-state index contributed by atoms with van der Waals surface area (Å²) in [5, 5.41) is 1.38. The van der Waals surface area contributed by atoms with Gasteiger partial charge in [-0.25, -0.2) is 4.98 Å². The molecule has 125 valence electrons. The number of fused-ring (bicyclic) bond motifs is 1. The molecule has 3 rings (SSSR count). The minimum atomic E-state index is -4.38. The van der Waals surface area contributed by atoms with Gasteiger partial charge in [0.15, 0.2) is 0 Å². The third kappa shape index (κ3) is 2.98. The first-order valence-electron chi connectivity index (χ1n) is 7.05. The molecular weight excluding hydrogens is 360 g/mol. The Labute approximate surface area is 146 Å². The number of hydrogen-bond donors (Lipinski definition) is 0. The topological polar surface area (TPSA) is 17.8 Å². The zero-order valence-corrected chi connectivity index (χ0v) is 14.3. The van der Waals surface area contributed by atoms with Gasteiger partial charge in [0.2, 0.25) is 0 Å². The molecule has 0 unspecified atom stereocenters. The highest BCUT2D eigenvalue weighted by Gasteiger charge is 2.31. The van der Waals surface area contributed by atoms with E-state index in [9.17, 15) is 13.2 Å². The second kappa shape index (κ2) is 5.97. The van der Waals surface area contributed by atoms with Gasteiger partial charge in [0.1, 0.15) is 5.15 Å². The van der Waals surface area contributed by atoms with E-state index in [1.54, 1.807) is 18.5 Å². The smallest absolute Gasteiger partial charge is 0.347 e. The van der Waals surface area contributed by atoms with Gasteiger partial charge in [-0.2, -0.15) is 13.2 Å². The van der Waals surface area contributed by atoms with Gasteiger partial charge in [-0.3, -0.25) is 0 Å². The number of rotatable bonds is 2. The van der Waals surface area contributed by atoms with E-state index in [0.717, 1.165) is 23.2 Å². The summed E-state index contributed by atoms with van der Waals surface area (Å²) in [5.74, 6) is 0. The molecule has 0 N–H and O–H groups in total. The van der Waals surface area contributed by atoms with Crippen molar-refractivity contribution in [2.45, 2.75) is 19.5 Å². The van der Waals surface area contributed by atoms with Crippen molar-refractivity contribution >= 4 is 34.1 Å². The van der Waals surface area contributed by atoms with E-state index < -0.39 is 11.7 Å². The van der Waals surface area contributed by atoms with E-state index in [-0.39, 0.29) is 5.15 Å². The van der Waals surface area contributed by atoms with Gasteiger partial charge in [0.25, 0.3) is 0 Å². The van der Waals surface area contributed by atoms with Crippen LogP contribution in [0.4, 0.5) is 13.2 Å². The van der Waals surface area contributed by atoms with Crippen LogP contribution in [0.15, 0.2) is 24.4 Å². The number of aromatic nitrogens is 2. The molecule has 0 atom stereocenters. The van der Waals surface area contributed by atoms with Crippen LogP contribution in [0.2, 0.25) is 10.2 Å². The van der Waals surface area contributed by atoms with Crippen molar-refractivity contribution in [3.05, 3.63) is 63.0 Å². The summed E-state index contributed by atoms with van der Waals surface area (Å²) in [6.45, 7) is 1.67. The maximum absolute atomic E-state index is 13.0. The van der Waals surface area contributed by atoms with Crippen molar-refractivity contribution in [1.82, 2.24) is 9.55 Å². The molecule has 2 nitrogen and oxygen atoms in total. The number of alkyl halides is 3. The molecule has 0 saturated carbocycles. The average molecular weight is 372 g/mol. The molecule has 1 radical (unpaired) electrons. The van der Waals surface area contributed by atoms with Gasteiger partial charge in [0.05, 0.1) is 10.6 Å². The van der Waals surface area contributed by atoms with E-state index in [2.05, 4.69) is 11.1 Å². The molecule has 24 heavy (non-hydrogen) atoms. The van der Waals surface area contributed by atoms with E-state index in [4.69, 9.17) is 23.2 Å². The number of nitrogens with zero attached hydrogens (tertiary/aromatic N) is 2. The van der Waals surface area contributed by atoms with E-state index in [0.29, 0.717) is 28.1 Å². The fraction of sp³-hybridized carbons (Fsp3) is 0.235. The summed E-state index contributed by atoms with van der Waals surface area (Å²) in [4.78, 5) is 3.95. The Morgan fingerprint density at radius 3 is 2.54 bits per heavy atom. The zero-order valence-electron chi connectivity index (χ0n) is 12.8. The second-order valence-corrected chi connectivity index (χ2v) is 6.32. The lowest BCUT2D eigenvalue weighted by molar-refractivity contribution is -0.137. The third-order valence-corrected chi connectivity index (χ3v) is 4.70. The first kappa shape index (κ1) is 17.1. The highest BCUT2D eigenvalue weighted by atomic mass is 35.5. The lowest BCUT2D eigenvalue weighted by Crippen LogP contribution is -2.06. The lowest BCUT2D eigenvalue weighted by Gasteiger charge is -2.10. The number of pyridine rings is 1. The Morgan fingerprint density at radius 2 is 1.92 bits per heavy atom. The number of aryl methyl sites for hydroxylation is 2. The molecule has 0 aliphatic carbocycles. The number of benzene rings is 1. The maximum atomic E-state index is 13.0. The van der Waals surface area contributed by atoms with Gasteiger partial charge in [-0.1, -0.05) is 23.2 Å². The number of halogens is 5. The van der Waals surface area contributed by atoms with Crippen molar-refractivity contribution in [1.29, 1.82) is 0 Å². The van der Waals surface area contributed by atoms with Crippen LogP contribution >= 0.6 is 23.2 Å². The van der Waals surface area contributed by atoms with E-state index in [1.165, 1.54) is 6.20 Å². The molecular formula is C17H12Cl2F3N2. The lowest BCUT2D eigenvalue weighted by atomic mass is 10.1. The SMILES string of the molecule is Cc1cc(C(F)(F)F)cc2c1cc(Cc1c(Cl)[c]cnc1Cl)n2C. The van der Waals surface area contributed by atoms with Crippen LogP contribution in [-0.2, 0) is 19.6 Å². The molecule has 0 bridgehead atoms. The highest BCUT2D eigenvalue weighted by molar-refractivity contribution is 6.35. The zero-order chi connectivity index (χ0) is 17.6. The molecule has 1 aromatic carbocycles. The standard InChI is InChI=1S/C17H12Cl2F3N2/c1-9-5-10(17(20,21)22)6-15-12(9)7-11(24(15)2)8-13-14(18)3-4-23-16(13)19/h4-7H,8H2,1-2H3.